The second-order valence-electron chi connectivity index (χ2n) is 5.03. The van der Waals surface area contributed by atoms with Crippen LogP contribution in [0.5, 0.6) is 0 Å². The van der Waals surface area contributed by atoms with Gasteiger partial charge in [0, 0.05) is 12.4 Å². The summed E-state index contributed by atoms with van der Waals surface area (Å²) in [7, 11) is 0. The van der Waals surface area contributed by atoms with E-state index in [2.05, 4.69) is 0 Å². The normalized spacial score (nSPS) is 14.2. The van der Waals surface area contributed by atoms with Crippen LogP contribution in [0.1, 0.15) is 38.7 Å². The van der Waals surface area contributed by atoms with E-state index in [1.54, 1.807) is 54.6 Å². The maximum atomic E-state index is 12.5. The first-order valence-corrected chi connectivity index (χ1v) is 6.81. The van der Waals surface area contributed by atoms with E-state index in [1.165, 1.54) is 0 Å². The third-order valence-corrected chi connectivity index (χ3v) is 3.68. The van der Waals surface area contributed by atoms with E-state index >= 15 is 0 Å². The number of nitrogens with zero attached hydrogens (tertiary/aromatic N) is 1. The van der Waals surface area contributed by atoms with Crippen molar-refractivity contribution in [3.8, 4) is 0 Å². The van der Waals surface area contributed by atoms with Crippen LogP contribution in [0.3, 0.4) is 0 Å². The largest absolute Gasteiger partial charge is 1.00 e. The summed E-state index contributed by atoms with van der Waals surface area (Å²) < 4.78 is 0. The number of aliphatic carboxylic acids is 1. The van der Waals surface area contributed by atoms with Gasteiger partial charge in [-0.25, -0.2) is 0 Å². The summed E-state index contributed by atoms with van der Waals surface area (Å²) in [6.07, 6.45) is -0.435. The van der Waals surface area contributed by atoms with Crippen LogP contribution >= 0.6 is 0 Å². The Kier molecular flexibility index (Phi) is 5.04. The van der Waals surface area contributed by atoms with Gasteiger partial charge >= 0.3 is 18.9 Å². The molecule has 2 amide bonds. The van der Waals surface area contributed by atoms with Gasteiger partial charge in [-0.15, -0.1) is 0 Å². The number of amides is 2. The number of carboxylic acids is 1. The predicted octanol–water partition coefficient (Wildman–Crippen LogP) is -1.83. The molecule has 0 bridgehead atoms. The molecular weight excluding hydrogens is 289 g/mol. The molecule has 0 saturated heterocycles. The molecule has 2 aromatic carbocycles. The van der Waals surface area contributed by atoms with Gasteiger partial charge in [-0.05, 0) is 17.7 Å². The first-order chi connectivity index (χ1) is 10.6. The number of fused-ring (bicyclic) bond motifs is 1. The number of rotatable bonds is 4. The molecule has 5 nitrogen and oxygen atoms in total. The number of benzene rings is 2. The van der Waals surface area contributed by atoms with E-state index in [-0.39, 0.29) is 18.9 Å². The molecule has 0 fully saturated rings. The van der Waals surface area contributed by atoms with Crippen LogP contribution in [0, 0.1) is 0 Å². The van der Waals surface area contributed by atoms with Crippen molar-refractivity contribution < 1.29 is 38.4 Å². The van der Waals surface area contributed by atoms with Crippen LogP contribution in [0.2, 0.25) is 0 Å². The topological polar surface area (TPSA) is 77.5 Å². The van der Waals surface area contributed by atoms with Crippen molar-refractivity contribution in [2.24, 2.45) is 0 Å². The molecule has 1 aliphatic rings. The Morgan fingerprint density at radius 2 is 1.39 bits per heavy atom. The summed E-state index contributed by atoms with van der Waals surface area (Å²) in [5, 5.41) is 11.1. The summed E-state index contributed by atoms with van der Waals surface area (Å²) in [6.45, 7) is 0. The van der Waals surface area contributed by atoms with Crippen LogP contribution in [0.25, 0.3) is 0 Å². The Bertz CT molecular complexity index is 725. The SMILES string of the molecule is O=C([O-])CC(c1ccccc1)N1C(=O)c2ccccc2C1=O.[Li+]. The molecule has 0 N–H and O–H groups in total. The first-order valence-electron chi connectivity index (χ1n) is 6.81. The summed E-state index contributed by atoms with van der Waals surface area (Å²) >= 11 is 0. The number of carboxylic acid groups (broad SMARTS) is 1. The minimum atomic E-state index is -1.31. The van der Waals surface area contributed by atoms with Crippen molar-refractivity contribution in [2.75, 3.05) is 0 Å². The number of hydrogen-bond donors (Lipinski definition) is 0. The van der Waals surface area contributed by atoms with Gasteiger partial charge in [-0.3, -0.25) is 14.5 Å². The zero-order valence-corrected chi connectivity index (χ0v) is 12.6. The first kappa shape index (κ1) is 17.0. The van der Waals surface area contributed by atoms with Gasteiger partial charge in [0.1, 0.15) is 0 Å². The Morgan fingerprint density at radius 1 is 0.913 bits per heavy atom. The Balaban J connectivity index is 0.00000192. The fraction of sp³-hybridized carbons (Fsp3) is 0.118. The van der Waals surface area contributed by atoms with E-state index in [1.807, 2.05) is 0 Å². The van der Waals surface area contributed by atoms with Gasteiger partial charge in [-0.2, -0.15) is 0 Å². The van der Waals surface area contributed by atoms with Crippen molar-refractivity contribution >= 4 is 17.8 Å². The Hall–Kier alpha value is -2.35. The van der Waals surface area contributed by atoms with Gasteiger partial charge in [0.05, 0.1) is 17.2 Å². The molecule has 1 aliphatic heterocycles. The molecule has 6 heteroatoms. The van der Waals surface area contributed by atoms with Crippen LogP contribution in [-0.2, 0) is 4.79 Å². The maximum absolute atomic E-state index is 12.5. The molecule has 2 aromatic rings. The molecule has 0 saturated carbocycles. The summed E-state index contributed by atoms with van der Waals surface area (Å²) in [5.74, 6) is -2.27. The second-order valence-corrected chi connectivity index (χ2v) is 5.03. The molecule has 0 aliphatic carbocycles. The molecule has 0 radical (unpaired) electrons. The Morgan fingerprint density at radius 3 is 1.87 bits per heavy atom. The fourth-order valence-corrected chi connectivity index (χ4v) is 2.68. The van der Waals surface area contributed by atoms with Gasteiger partial charge in [0.2, 0.25) is 0 Å². The molecular formula is C17H12LiNO4. The van der Waals surface area contributed by atoms with Crippen molar-refractivity contribution in [3.05, 3.63) is 71.3 Å². The quantitative estimate of drug-likeness (QED) is 0.491. The average molecular weight is 301 g/mol. The van der Waals surface area contributed by atoms with Crippen molar-refractivity contribution in [1.29, 1.82) is 0 Å². The minimum Gasteiger partial charge on any atom is -0.550 e. The number of carbonyl (C=O) groups excluding carboxylic acids is 3. The molecule has 1 atom stereocenters. The van der Waals surface area contributed by atoms with E-state index in [0.29, 0.717) is 16.7 Å². The number of carbonyl (C=O) groups is 3. The predicted molar refractivity (Wildman–Crippen MR) is 75.7 cm³/mol. The van der Waals surface area contributed by atoms with Gasteiger partial charge in [0.15, 0.2) is 0 Å². The average Bonchev–Trinajstić information content (AvgIpc) is 2.78. The van der Waals surface area contributed by atoms with Gasteiger partial charge in [0.25, 0.3) is 11.8 Å². The minimum absolute atomic E-state index is 0. The zero-order chi connectivity index (χ0) is 15.7. The standard InChI is InChI=1S/C17H13NO4.Li/c19-15(20)10-14(11-6-2-1-3-7-11)18-16(21)12-8-4-5-9-13(12)17(18)22;/h1-9,14H,10H2,(H,19,20);/q;+1/p-1. The van der Waals surface area contributed by atoms with E-state index < -0.39 is 30.2 Å². The summed E-state index contributed by atoms with van der Waals surface area (Å²) in [6, 6.07) is 14.2. The van der Waals surface area contributed by atoms with Crippen LogP contribution in [0.15, 0.2) is 54.6 Å². The third-order valence-electron chi connectivity index (χ3n) is 3.68. The number of imide groups is 1. The van der Waals surface area contributed by atoms with Crippen molar-refractivity contribution in [1.82, 2.24) is 4.90 Å². The summed E-state index contributed by atoms with van der Waals surface area (Å²) in [5.41, 5.74) is 1.18. The smallest absolute Gasteiger partial charge is 0.550 e. The maximum Gasteiger partial charge on any atom is 1.00 e. The van der Waals surface area contributed by atoms with Crippen LogP contribution in [-0.4, -0.2) is 22.7 Å². The monoisotopic (exact) mass is 301 g/mol. The van der Waals surface area contributed by atoms with Gasteiger partial charge < -0.3 is 9.90 Å². The van der Waals surface area contributed by atoms with Crippen molar-refractivity contribution in [2.45, 2.75) is 12.5 Å². The van der Waals surface area contributed by atoms with E-state index in [0.717, 1.165) is 4.90 Å². The molecule has 1 heterocycles. The summed E-state index contributed by atoms with van der Waals surface area (Å²) in [4.78, 5) is 37.1. The molecule has 23 heavy (non-hydrogen) atoms. The zero-order valence-electron chi connectivity index (χ0n) is 12.6. The third kappa shape index (κ3) is 3.07. The van der Waals surface area contributed by atoms with Crippen LogP contribution in [0.4, 0.5) is 0 Å². The molecule has 1 unspecified atom stereocenters. The van der Waals surface area contributed by atoms with E-state index in [9.17, 15) is 19.5 Å². The fourth-order valence-electron chi connectivity index (χ4n) is 2.68. The molecule has 0 spiro atoms. The van der Waals surface area contributed by atoms with Gasteiger partial charge in [-0.1, -0.05) is 42.5 Å². The number of hydrogen-bond acceptors (Lipinski definition) is 4. The Labute approximate surface area is 145 Å². The molecule has 0 aromatic heterocycles. The molecule has 110 valence electrons. The second kappa shape index (κ2) is 6.82. The van der Waals surface area contributed by atoms with E-state index in [4.69, 9.17) is 0 Å². The van der Waals surface area contributed by atoms with Crippen molar-refractivity contribution in [3.63, 3.8) is 0 Å². The molecule has 3 rings (SSSR count). The van der Waals surface area contributed by atoms with Crippen LogP contribution < -0.4 is 24.0 Å².